The Morgan fingerprint density at radius 1 is 1.26 bits per heavy atom. The molecule has 34 heavy (non-hydrogen) atoms. The largest absolute Gasteiger partial charge is 0.462 e. The molecule has 3 aromatic heterocycles. The van der Waals surface area contributed by atoms with E-state index in [1.54, 1.807) is 27.8 Å². The van der Waals surface area contributed by atoms with Gasteiger partial charge in [-0.1, -0.05) is 12.1 Å². The molecule has 5 rings (SSSR count). The van der Waals surface area contributed by atoms with Crippen LogP contribution in [0.25, 0.3) is 27.7 Å². The molecule has 9 nitrogen and oxygen atoms in total. The summed E-state index contributed by atoms with van der Waals surface area (Å²) in [6, 6.07) is 8.46. The van der Waals surface area contributed by atoms with Crippen LogP contribution in [-0.4, -0.2) is 51.6 Å². The summed E-state index contributed by atoms with van der Waals surface area (Å²) in [4.78, 5) is 44.1. The van der Waals surface area contributed by atoms with Crippen LogP contribution in [0.5, 0.6) is 0 Å². The molecule has 1 fully saturated rings. The van der Waals surface area contributed by atoms with Crippen molar-refractivity contribution in [1.29, 1.82) is 0 Å². The van der Waals surface area contributed by atoms with Crippen LogP contribution < -0.4 is 15.6 Å². The number of hydrogen-bond donors (Lipinski definition) is 1. The molecule has 1 aliphatic rings. The number of nitrogens with one attached hydrogen (secondary N) is 1. The summed E-state index contributed by atoms with van der Waals surface area (Å²) in [5, 5.41) is 2.85. The number of halogens is 1. The van der Waals surface area contributed by atoms with Gasteiger partial charge in [-0.15, -0.1) is 0 Å². The number of amides is 1. The summed E-state index contributed by atoms with van der Waals surface area (Å²) in [5.41, 5.74) is 1.30. The number of aryl methyl sites for hydroxylation is 1. The molecular weight excluding hydrogens is 441 g/mol. The van der Waals surface area contributed by atoms with Crippen molar-refractivity contribution in [2.24, 2.45) is 7.05 Å². The van der Waals surface area contributed by atoms with E-state index in [1.165, 1.54) is 6.92 Å². The summed E-state index contributed by atoms with van der Waals surface area (Å²) < 4.78 is 23.9. The molecule has 1 amide bonds. The monoisotopic (exact) mass is 465 g/mol. The van der Waals surface area contributed by atoms with Gasteiger partial charge >= 0.3 is 5.97 Å². The smallest absolute Gasteiger partial charge is 0.345 e. The third kappa shape index (κ3) is 3.28. The second-order valence-electron chi connectivity index (χ2n) is 8.43. The molecule has 1 N–H and O–H groups in total. The molecule has 1 aliphatic heterocycles. The molecule has 1 atom stereocenters. The first-order valence-corrected chi connectivity index (χ1v) is 11.1. The average Bonchev–Trinajstić information content (AvgIpc) is 3.37. The lowest BCUT2D eigenvalue weighted by Gasteiger charge is -2.19. The Hall–Kier alpha value is -3.95. The van der Waals surface area contributed by atoms with Crippen LogP contribution in [0.3, 0.4) is 0 Å². The number of fused-ring (bicyclic) bond motifs is 5. The van der Waals surface area contributed by atoms with Gasteiger partial charge in [0, 0.05) is 33.1 Å². The third-order valence-corrected chi connectivity index (χ3v) is 6.23. The molecule has 4 aromatic rings. The van der Waals surface area contributed by atoms with Crippen LogP contribution in [0.4, 0.5) is 10.2 Å². The van der Waals surface area contributed by atoms with Crippen molar-refractivity contribution in [1.82, 2.24) is 19.3 Å². The number of rotatable bonds is 4. The van der Waals surface area contributed by atoms with E-state index in [2.05, 4.69) is 10.3 Å². The lowest BCUT2D eigenvalue weighted by molar-refractivity contribution is -0.119. The lowest BCUT2D eigenvalue weighted by Crippen LogP contribution is -2.36. The number of carbonyl (C=O) groups excluding carboxylic acids is 2. The molecular formula is C24H24FN5O4. The van der Waals surface area contributed by atoms with Gasteiger partial charge < -0.3 is 19.5 Å². The molecule has 0 spiro atoms. The Kier molecular flexibility index (Phi) is 5.22. The van der Waals surface area contributed by atoms with Gasteiger partial charge in [-0.05, 0) is 31.5 Å². The minimum Gasteiger partial charge on any atom is -0.462 e. The molecule has 176 valence electrons. The van der Waals surface area contributed by atoms with Gasteiger partial charge in [0.2, 0.25) is 11.3 Å². The summed E-state index contributed by atoms with van der Waals surface area (Å²) in [6.45, 7) is 4.12. The standard InChI is InChI=1S/C24H24FN5O4/c1-4-34-24(33)19-20(32)15-11-16(25)22(29-10-9-14(12-29)26-13(2)31)27-21(15)30-18-8-6-5-7-17(18)28(3)23(19)30/h5-8,11,14H,4,9-10,12H2,1-3H3,(H,26,31). The van der Waals surface area contributed by atoms with Gasteiger partial charge in [-0.3, -0.25) is 14.0 Å². The van der Waals surface area contributed by atoms with Crippen molar-refractivity contribution in [3.63, 3.8) is 0 Å². The molecule has 0 radical (unpaired) electrons. The fraction of sp³-hybridized carbons (Fsp3) is 0.333. The Balaban J connectivity index is 1.82. The number of esters is 1. The number of aromatic nitrogens is 3. The first-order valence-electron chi connectivity index (χ1n) is 11.1. The van der Waals surface area contributed by atoms with Crippen molar-refractivity contribution in [3.8, 4) is 0 Å². The van der Waals surface area contributed by atoms with Crippen LogP contribution in [-0.2, 0) is 16.6 Å². The fourth-order valence-corrected chi connectivity index (χ4v) is 4.82. The maximum absolute atomic E-state index is 15.3. The van der Waals surface area contributed by atoms with E-state index >= 15 is 4.39 Å². The highest BCUT2D eigenvalue weighted by atomic mass is 19.1. The van der Waals surface area contributed by atoms with Gasteiger partial charge in [0.05, 0.1) is 23.0 Å². The number of pyridine rings is 2. The second kappa shape index (κ2) is 8.12. The third-order valence-electron chi connectivity index (χ3n) is 6.23. The number of hydrogen-bond acceptors (Lipinski definition) is 6. The van der Waals surface area contributed by atoms with E-state index in [0.29, 0.717) is 25.2 Å². The van der Waals surface area contributed by atoms with Crippen LogP contribution in [0.15, 0.2) is 35.1 Å². The van der Waals surface area contributed by atoms with Gasteiger partial charge in [0.25, 0.3) is 0 Å². The van der Waals surface area contributed by atoms with Gasteiger partial charge in [-0.2, -0.15) is 0 Å². The zero-order valence-electron chi connectivity index (χ0n) is 19.1. The maximum Gasteiger partial charge on any atom is 0.345 e. The molecule has 1 unspecified atom stereocenters. The maximum atomic E-state index is 15.3. The first kappa shape index (κ1) is 21.9. The minimum absolute atomic E-state index is 0.00392. The van der Waals surface area contributed by atoms with Crippen LogP contribution >= 0.6 is 0 Å². The SMILES string of the molecule is CCOC(=O)c1c(=O)c2cc(F)c(N3CCC(NC(C)=O)C3)nc2n2c3ccccc3n(C)c12. The fourth-order valence-electron chi connectivity index (χ4n) is 4.82. The second-order valence-corrected chi connectivity index (χ2v) is 8.43. The summed E-state index contributed by atoms with van der Waals surface area (Å²) in [7, 11) is 1.76. The summed E-state index contributed by atoms with van der Waals surface area (Å²) in [5.74, 6) is -1.47. The van der Waals surface area contributed by atoms with E-state index in [4.69, 9.17) is 4.74 Å². The van der Waals surface area contributed by atoms with E-state index < -0.39 is 17.2 Å². The lowest BCUT2D eigenvalue weighted by atomic mass is 10.1. The highest BCUT2D eigenvalue weighted by Crippen LogP contribution is 2.29. The van der Waals surface area contributed by atoms with Crippen molar-refractivity contribution in [3.05, 3.63) is 51.9 Å². The summed E-state index contributed by atoms with van der Waals surface area (Å²) >= 11 is 0. The number of nitrogens with zero attached hydrogens (tertiary/aromatic N) is 4. The van der Waals surface area contributed by atoms with Crippen molar-refractivity contribution < 1.29 is 18.7 Å². The first-order chi connectivity index (χ1) is 16.3. The minimum atomic E-state index is -0.764. The Bertz CT molecular complexity index is 1540. The number of para-hydroxylation sites is 2. The molecule has 1 aromatic carbocycles. The zero-order chi connectivity index (χ0) is 24.1. The topological polar surface area (TPSA) is 97.9 Å². The average molecular weight is 465 g/mol. The molecule has 0 saturated carbocycles. The normalized spacial score (nSPS) is 16.0. The highest BCUT2D eigenvalue weighted by molar-refractivity contribution is 6.03. The van der Waals surface area contributed by atoms with Gasteiger partial charge in [0.1, 0.15) is 11.2 Å². The van der Waals surface area contributed by atoms with E-state index in [-0.39, 0.29) is 41.0 Å². The number of anilines is 1. The molecule has 0 bridgehead atoms. The van der Waals surface area contributed by atoms with Crippen LogP contribution in [0.1, 0.15) is 30.6 Å². The Morgan fingerprint density at radius 3 is 2.71 bits per heavy atom. The van der Waals surface area contributed by atoms with Crippen LogP contribution in [0.2, 0.25) is 0 Å². The number of ether oxygens (including phenoxy) is 1. The quantitative estimate of drug-likeness (QED) is 0.465. The molecule has 1 saturated heterocycles. The van der Waals surface area contributed by atoms with Crippen molar-refractivity contribution >= 4 is 45.4 Å². The predicted octanol–water partition coefficient (Wildman–Crippen LogP) is 2.37. The van der Waals surface area contributed by atoms with Gasteiger partial charge in [-0.25, -0.2) is 14.2 Å². The Morgan fingerprint density at radius 2 is 2.00 bits per heavy atom. The van der Waals surface area contributed by atoms with Gasteiger partial charge in [0.15, 0.2) is 17.3 Å². The summed E-state index contributed by atoms with van der Waals surface area (Å²) in [6.07, 6.45) is 0.657. The predicted molar refractivity (Wildman–Crippen MR) is 126 cm³/mol. The van der Waals surface area contributed by atoms with Crippen molar-refractivity contribution in [2.45, 2.75) is 26.3 Å². The molecule has 10 heteroatoms. The number of carbonyl (C=O) groups is 2. The van der Waals surface area contributed by atoms with Crippen molar-refractivity contribution in [2.75, 3.05) is 24.6 Å². The number of benzene rings is 1. The molecule has 0 aliphatic carbocycles. The number of imidazole rings is 1. The van der Waals surface area contributed by atoms with E-state index in [0.717, 1.165) is 17.1 Å². The van der Waals surface area contributed by atoms with E-state index in [9.17, 15) is 14.4 Å². The zero-order valence-corrected chi connectivity index (χ0v) is 19.1. The van der Waals surface area contributed by atoms with E-state index in [1.807, 2.05) is 24.3 Å². The highest BCUT2D eigenvalue weighted by Gasteiger charge is 2.29. The Labute approximate surface area is 193 Å². The molecule has 4 heterocycles. The van der Waals surface area contributed by atoms with Crippen LogP contribution in [0, 0.1) is 5.82 Å².